The number of hydrogen-bond donors (Lipinski definition) is 0. The molecule has 0 fully saturated rings. The average molecular weight is 197 g/mol. The van der Waals surface area contributed by atoms with Gasteiger partial charge in [-0.05, 0) is 17.7 Å². The van der Waals surface area contributed by atoms with Crippen molar-refractivity contribution >= 4 is 17.2 Å². The maximum Gasteiger partial charge on any atom is 0.123 e. The number of thiocarbonyl (C=S) groups is 1. The molecule has 3 heteroatoms. The Balaban J connectivity index is 2.65. The zero-order chi connectivity index (χ0) is 9.84. The highest BCUT2D eigenvalue weighted by Gasteiger charge is 2.00. The molecule has 0 atom stereocenters. The molecular formula is C10H12FNS. The van der Waals surface area contributed by atoms with E-state index in [1.54, 1.807) is 12.1 Å². The highest BCUT2D eigenvalue weighted by atomic mass is 32.1. The first kappa shape index (κ1) is 10.1. The number of hydrogen-bond acceptors (Lipinski definition) is 1. The van der Waals surface area contributed by atoms with Crippen LogP contribution in [-0.4, -0.2) is 24.0 Å². The smallest absolute Gasteiger partial charge is 0.123 e. The van der Waals surface area contributed by atoms with E-state index >= 15 is 0 Å². The van der Waals surface area contributed by atoms with E-state index in [4.69, 9.17) is 12.2 Å². The molecule has 0 aliphatic carbocycles. The minimum Gasteiger partial charge on any atom is -0.372 e. The normalized spacial score (nSPS) is 9.77. The second-order valence-electron chi connectivity index (χ2n) is 3.09. The molecule has 1 nitrogen and oxygen atoms in total. The topological polar surface area (TPSA) is 3.24 Å². The minimum atomic E-state index is -0.209. The monoisotopic (exact) mass is 197 g/mol. The van der Waals surface area contributed by atoms with Crippen molar-refractivity contribution in [1.82, 2.24) is 4.90 Å². The summed E-state index contributed by atoms with van der Waals surface area (Å²) in [6.07, 6.45) is 0.697. The fourth-order valence-corrected chi connectivity index (χ4v) is 1.10. The SMILES string of the molecule is CN(C)C(=S)Cc1ccc(F)cc1. The number of benzene rings is 1. The zero-order valence-electron chi connectivity index (χ0n) is 7.75. The van der Waals surface area contributed by atoms with Crippen LogP contribution in [0.25, 0.3) is 0 Å². The van der Waals surface area contributed by atoms with Crippen LogP contribution in [0, 0.1) is 5.82 Å². The van der Waals surface area contributed by atoms with Crippen molar-refractivity contribution < 1.29 is 4.39 Å². The van der Waals surface area contributed by atoms with Gasteiger partial charge in [0.15, 0.2) is 0 Å². The predicted octanol–water partition coefficient (Wildman–Crippen LogP) is 2.26. The van der Waals surface area contributed by atoms with E-state index in [1.165, 1.54) is 12.1 Å². The van der Waals surface area contributed by atoms with Crippen molar-refractivity contribution in [3.05, 3.63) is 35.6 Å². The van der Waals surface area contributed by atoms with Gasteiger partial charge in [0.25, 0.3) is 0 Å². The summed E-state index contributed by atoms with van der Waals surface area (Å²) in [5.74, 6) is -0.209. The molecule has 0 aliphatic rings. The van der Waals surface area contributed by atoms with Gasteiger partial charge in [-0.15, -0.1) is 0 Å². The Morgan fingerprint density at radius 3 is 2.31 bits per heavy atom. The van der Waals surface area contributed by atoms with E-state index in [1.807, 2.05) is 19.0 Å². The number of rotatable bonds is 2. The molecule has 0 N–H and O–H groups in total. The summed E-state index contributed by atoms with van der Waals surface area (Å²) in [5.41, 5.74) is 1.04. The fourth-order valence-electron chi connectivity index (χ4n) is 0.935. The summed E-state index contributed by atoms with van der Waals surface area (Å²) in [6, 6.07) is 6.41. The summed E-state index contributed by atoms with van der Waals surface area (Å²) in [6.45, 7) is 0. The van der Waals surface area contributed by atoms with Gasteiger partial charge in [0, 0.05) is 20.5 Å². The summed E-state index contributed by atoms with van der Waals surface area (Å²) in [7, 11) is 3.82. The lowest BCUT2D eigenvalue weighted by Crippen LogP contribution is -2.21. The van der Waals surface area contributed by atoms with Gasteiger partial charge in [0.2, 0.25) is 0 Å². The Hall–Kier alpha value is -0.960. The Labute approximate surface area is 83.2 Å². The molecule has 13 heavy (non-hydrogen) atoms. The highest BCUT2D eigenvalue weighted by Crippen LogP contribution is 2.05. The number of halogens is 1. The van der Waals surface area contributed by atoms with Crippen LogP contribution in [0.4, 0.5) is 4.39 Å². The van der Waals surface area contributed by atoms with Gasteiger partial charge in [-0.1, -0.05) is 24.4 Å². The number of likely N-dealkylation sites (N-methyl/N-ethyl adjacent to an activating group) is 1. The van der Waals surface area contributed by atoms with E-state index in [0.29, 0.717) is 6.42 Å². The van der Waals surface area contributed by atoms with Crippen LogP contribution in [0.3, 0.4) is 0 Å². The van der Waals surface area contributed by atoms with Crippen molar-refractivity contribution in [1.29, 1.82) is 0 Å². The van der Waals surface area contributed by atoms with Gasteiger partial charge in [-0.3, -0.25) is 0 Å². The van der Waals surface area contributed by atoms with Gasteiger partial charge >= 0.3 is 0 Å². The molecule has 1 rings (SSSR count). The van der Waals surface area contributed by atoms with Gasteiger partial charge < -0.3 is 4.90 Å². The fraction of sp³-hybridized carbons (Fsp3) is 0.300. The summed E-state index contributed by atoms with van der Waals surface area (Å²) < 4.78 is 12.5. The number of nitrogens with zero attached hydrogens (tertiary/aromatic N) is 1. The molecule has 1 aromatic carbocycles. The van der Waals surface area contributed by atoms with Gasteiger partial charge in [0.1, 0.15) is 5.82 Å². The first-order valence-corrected chi connectivity index (χ1v) is 4.45. The molecule has 0 saturated heterocycles. The summed E-state index contributed by atoms with van der Waals surface area (Å²) in [4.78, 5) is 2.74. The van der Waals surface area contributed by atoms with Crippen LogP contribution in [0.15, 0.2) is 24.3 Å². The van der Waals surface area contributed by atoms with Gasteiger partial charge in [0.05, 0.1) is 4.99 Å². The Kier molecular flexibility index (Phi) is 3.37. The van der Waals surface area contributed by atoms with E-state index < -0.39 is 0 Å². The molecule has 0 spiro atoms. The standard InChI is InChI=1S/C10H12FNS/c1-12(2)10(13)7-8-3-5-9(11)6-4-8/h3-6H,7H2,1-2H3. The summed E-state index contributed by atoms with van der Waals surface area (Å²) in [5, 5.41) is 0. The second-order valence-corrected chi connectivity index (χ2v) is 3.56. The summed E-state index contributed by atoms with van der Waals surface area (Å²) >= 11 is 5.12. The van der Waals surface area contributed by atoms with Crippen LogP contribution in [0.1, 0.15) is 5.56 Å². The van der Waals surface area contributed by atoms with Crippen LogP contribution >= 0.6 is 12.2 Å². The Morgan fingerprint density at radius 2 is 1.85 bits per heavy atom. The van der Waals surface area contributed by atoms with Gasteiger partial charge in [-0.2, -0.15) is 0 Å². The Morgan fingerprint density at radius 1 is 1.31 bits per heavy atom. The highest BCUT2D eigenvalue weighted by molar-refractivity contribution is 7.80. The third-order valence-corrected chi connectivity index (χ3v) is 2.28. The lowest BCUT2D eigenvalue weighted by atomic mass is 10.1. The van der Waals surface area contributed by atoms with Crippen molar-refractivity contribution in [2.24, 2.45) is 0 Å². The Bertz CT molecular complexity index is 292. The lowest BCUT2D eigenvalue weighted by molar-refractivity contribution is 0.621. The largest absolute Gasteiger partial charge is 0.372 e. The molecule has 0 amide bonds. The van der Waals surface area contributed by atoms with Crippen molar-refractivity contribution in [3.63, 3.8) is 0 Å². The zero-order valence-corrected chi connectivity index (χ0v) is 8.57. The van der Waals surface area contributed by atoms with E-state index in [-0.39, 0.29) is 5.82 Å². The van der Waals surface area contributed by atoms with Crippen LogP contribution in [-0.2, 0) is 6.42 Å². The van der Waals surface area contributed by atoms with Crippen molar-refractivity contribution in [2.75, 3.05) is 14.1 Å². The molecule has 0 heterocycles. The average Bonchev–Trinajstić information content (AvgIpc) is 2.08. The first-order chi connectivity index (χ1) is 6.09. The third kappa shape index (κ3) is 3.11. The predicted molar refractivity (Wildman–Crippen MR) is 56.4 cm³/mol. The van der Waals surface area contributed by atoms with Crippen LogP contribution in [0.2, 0.25) is 0 Å². The molecular weight excluding hydrogens is 185 g/mol. The second kappa shape index (κ2) is 4.33. The van der Waals surface area contributed by atoms with Crippen LogP contribution < -0.4 is 0 Å². The van der Waals surface area contributed by atoms with Crippen molar-refractivity contribution in [2.45, 2.75) is 6.42 Å². The van der Waals surface area contributed by atoms with E-state index in [9.17, 15) is 4.39 Å². The third-order valence-electron chi connectivity index (χ3n) is 1.77. The van der Waals surface area contributed by atoms with Crippen LogP contribution in [0.5, 0.6) is 0 Å². The maximum atomic E-state index is 12.5. The van der Waals surface area contributed by atoms with Crippen molar-refractivity contribution in [3.8, 4) is 0 Å². The molecule has 0 radical (unpaired) electrons. The molecule has 0 saturated carbocycles. The molecule has 1 aromatic rings. The maximum absolute atomic E-state index is 12.5. The molecule has 0 unspecified atom stereocenters. The first-order valence-electron chi connectivity index (χ1n) is 4.04. The lowest BCUT2D eigenvalue weighted by Gasteiger charge is -2.13. The van der Waals surface area contributed by atoms with E-state index in [2.05, 4.69) is 0 Å². The van der Waals surface area contributed by atoms with E-state index in [0.717, 1.165) is 10.6 Å². The molecule has 0 aromatic heterocycles. The quantitative estimate of drug-likeness (QED) is 0.669. The molecule has 0 aliphatic heterocycles. The minimum absolute atomic E-state index is 0.209. The molecule has 0 bridgehead atoms. The van der Waals surface area contributed by atoms with Gasteiger partial charge in [-0.25, -0.2) is 4.39 Å². The molecule has 70 valence electrons.